The van der Waals surface area contributed by atoms with Gasteiger partial charge in [0.2, 0.25) is 5.91 Å². The third kappa shape index (κ3) is 3.99. The van der Waals surface area contributed by atoms with Crippen LogP contribution in [0, 0.1) is 0 Å². The molecule has 1 amide bonds. The highest BCUT2D eigenvalue weighted by atomic mass is 16.5. The fourth-order valence-electron chi connectivity index (χ4n) is 2.93. The number of likely N-dealkylation sites (tertiary alicyclic amines) is 1. The Kier molecular flexibility index (Phi) is 5.80. The van der Waals surface area contributed by atoms with Gasteiger partial charge in [-0.25, -0.2) is 0 Å². The molecule has 1 aliphatic heterocycles. The number of hydrogen-bond donors (Lipinski definition) is 1. The molecule has 1 aliphatic rings. The minimum atomic E-state index is -0.338. The lowest BCUT2D eigenvalue weighted by Crippen LogP contribution is -2.32. The first kappa shape index (κ1) is 16.8. The molecule has 5 heteroatoms. The summed E-state index contributed by atoms with van der Waals surface area (Å²) in [5.41, 5.74) is 1.13. The Morgan fingerprint density at radius 3 is 2.95 bits per heavy atom. The van der Waals surface area contributed by atoms with Crippen molar-refractivity contribution in [1.82, 2.24) is 9.80 Å². The molecule has 1 fully saturated rings. The molecule has 1 saturated heterocycles. The number of amides is 1. The van der Waals surface area contributed by atoms with Gasteiger partial charge in [-0.3, -0.25) is 9.69 Å². The van der Waals surface area contributed by atoms with E-state index in [2.05, 4.69) is 11.0 Å². The second-order valence-corrected chi connectivity index (χ2v) is 5.83. The SMILES string of the molecule is CCN(C)C(=O)CCN1C[C@H](O)C[C@@H]1c1cccc(OC)c1. The molecule has 2 atom stereocenters. The van der Waals surface area contributed by atoms with E-state index in [9.17, 15) is 9.90 Å². The van der Waals surface area contributed by atoms with Gasteiger partial charge in [0.1, 0.15) is 5.75 Å². The highest BCUT2D eigenvalue weighted by molar-refractivity contribution is 5.76. The third-order valence-corrected chi connectivity index (χ3v) is 4.37. The normalized spacial score (nSPS) is 21.8. The number of nitrogens with zero attached hydrogens (tertiary/aromatic N) is 2. The zero-order valence-electron chi connectivity index (χ0n) is 13.7. The van der Waals surface area contributed by atoms with E-state index in [1.54, 1.807) is 12.0 Å². The molecule has 0 radical (unpaired) electrons. The predicted molar refractivity (Wildman–Crippen MR) is 85.9 cm³/mol. The molecule has 0 bridgehead atoms. The number of β-amino-alcohol motifs (C(OH)–C–C–N with tert-alkyl or cyclic N) is 1. The van der Waals surface area contributed by atoms with Crippen molar-refractivity contribution >= 4 is 5.91 Å². The Bertz CT molecular complexity index is 506. The van der Waals surface area contributed by atoms with Gasteiger partial charge in [-0.05, 0) is 31.0 Å². The molecule has 1 aromatic carbocycles. The Hall–Kier alpha value is -1.59. The first-order chi connectivity index (χ1) is 10.5. The van der Waals surface area contributed by atoms with Gasteiger partial charge in [-0.15, -0.1) is 0 Å². The van der Waals surface area contributed by atoms with Crippen LogP contribution in [0.25, 0.3) is 0 Å². The number of rotatable bonds is 6. The molecule has 1 aromatic rings. The van der Waals surface area contributed by atoms with Crippen LogP contribution in [0.4, 0.5) is 0 Å². The van der Waals surface area contributed by atoms with Crippen LogP contribution in [0.2, 0.25) is 0 Å². The van der Waals surface area contributed by atoms with Gasteiger partial charge in [0, 0.05) is 39.1 Å². The molecule has 0 aromatic heterocycles. The first-order valence-corrected chi connectivity index (χ1v) is 7.85. The summed E-state index contributed by atoms with van der Waals surface area (Å²) in [5.74, 6) is 0.967. The van der Waals surface area contributed by atoms with E-state index >= 15 is 0 Å². The molecule has 0 saturated carbocycles. The predicted octanol–water partition coefficient (Wildman–Crippen LogP) is 1.67. The van der Waals surface area contributed by atoms with Gasteiger partial charge >= 0.3 is 0 Å². The summed E-state index contributed by atoms with van der Waals surface area (Å²) in [6.45, 7) is 3.98. The number of carbonyl (C=O) groups is 1. The molecule has 0 aliphatic carbocycles. The maximum atomic E-state index is 12.0. The van der Waals surface area contributed by atoms with Crippen LogP contribution >= 0.6 is 0 Å². The van der Waals surface area contributed by atoms with Gasteiger partial charge in [-0.1, -0.05) is 12.1 Å². The minimum Gasteiger partial charge on any atom is -0.497 e. The quantitative estimate of drug-likeness (QED) is 0.869. The van der Waals surface area contributed by atoms with Crippen molar-refractivity contribution in [2.24, 2.45) is 0 Å². The van der Waals surface area contributed by atoms with Crippen molar-refractivity contribution < 1.29 is 14.6 Å². The maximum absolute atomic E-state index is 12.0. The number of methoxy groups -OCH3 is 1. The van der Waals surface area contributed by atoms with Crippen molar-refractivity contribution in [3.05, 3.63) is 29.8 Å². The number of ether oxygens (including phenoxy) is 1. The van der Waals surface area contributed by atoms with E-state index in [4.69, 9.17) is 4.74 Å². The number of aliphatic hydroxyl groups excluding tert-OH is 1. The lowest BCUT2D eigenvalue weighted by molar-refractivity contribution is -0.130. The van der Waals surface area contributed by atoms with Gasteiger partial charge in [-0.2, -0.15) is 0 Å². The summed E-state index contributed by atoms with van der Waals surface area (Å²) in [4.78, 5) is 15.9. The molecule has 22 heavy (non-hydrogen) atoms. The molecular formula is C17H26N2O3. The molecule has 1 heterocycles. The van der Waals surface area contributed by atoms with Crippen molar-refractivity contribution in [2.75, 3.05) is 33.8 Å². The summed E-state index contributed by atoms with van der Waals surface area (Å²) in [7, 11) is 3.47. The standard InChI is InChI=1S/C17H26N2O3/c1-4-18(2)17(21)8-9-19-12-14(20)11-16(19)13-6-5-7-15(10-13)22-3/h5-7,10,14,16,20H,4,8-9,11-12H2,1-3H3/t14-,16-/m1/s1. The molecular weight excluding hydrogens is 280 g/mol. The lowest BCUT2D eigenvalue weighted by Gasteiger charge is -2.25. The van der Waals surface area contributed by atoms with E-state index < -0.39 is 0 Å². The second kappa shape index (κ2) is 7.61. The highest BCUT2D eigenvalue weighted by Gasteiger charge is 2.32. The topological polar surface area (TPSA) is 53.0 Å². The van der Waals surface area contributed by atoms with E-state index in [-0.39, 0.29) is 18.1 Å². The van der Waals surface area contributed by atoms with Crippen LogP contribution in [0.3, 0.4) is 0 Å². The average Bonchev–Trinajstić information content (AvgIpc) is 2.92. The summed E-state index contributed by atoms with van der Waals surface area (Å²) in [6.07, 6.45) is 0.845. The van der Waals surface area contributed by atoms with Gasteiger partial charge < -0.3 is 14.7 Å². The fraction of sp³-hybridized carbons (Fsp3) is 0.588. The molecule has 122 valence electrons. The first-order valence-electron chi connectivity index (χ1n) is 7.85. The highest BCUT2D eigenvalue weighted by Crippen LogP contribution is 2.33. The summed E-state index contributed by atoms with van der Waals surface area (Å²) in [5, 5.41) is 10.0. The van der Waals surface area contributed by atoms with Crippen LogP contribution in [0.5, 0.6) is 5.75 Å². The average molecular weight is 306 g/mol. The fourth-order valence-corrected chi connectivity index (χ4v) is 2.93. The summed E-state index contributed by atoms with van der Waals surface area (Å²) < 4.78 is 5.28. The van der Waals surface area contributed by atoms with Crippen LogP contribution in [-0.4, -0.2) is 60.7 Å². The molecule has 0 spiro atoms. The Morgan fingerprint density at radius 2 is 2.27 bits per heavy atom. The number of aliphatic hydroxyl groups is 1. The largest absolute Gasteiger partial charge is 0.497 e. The second-order valence-electron chi connectivity index (χ2n) is 5.83. The van der Waals surface area contributed by atoms with Crippen LogP contribution in [-0.2, 0) is 4.79 Å². The Labute approximate surface area is 132 Å². The number of carbonyl (C=O) groups excluding carboxylic acids is 1. The van der Waals surface area contributed by atoms with Gasteiger partial charge in [0.25, 0.3) is 0 Å². The maximum Gasteiger partial charge on any atom is 0.223 e. The molecule has 1 N–H and O–H groups in total. The molecule has 2 rings (SSSR count). The van der Waals surface area contributed by atoms with E-state index in [0.29, 0.717) is 25.9 Å². The zero-order valence-corrected chi connectivity index (χ0v) is 13.7. The van der Waals surface area contributed by atoms with Crippen molar-refractivity contribution in [2.45, 2.75) is 31.9 Å². The summed E-state index contributed by atoms with van der Waals surface area (Å²) in [6, 6.07) is 8.09. The number of benzene rings is 1. The van der Waals surface area contributed by atoms with Crippen molar-refractivity contribution in [3.63, 3.8) is 0 Å². The van der Waals surface area contributed by atoms with Crippen LogP contribution in [0.1, 0.15) is 31.4 Å². The van der Waals surface area contributed by atoms with Gasteiger partial charge in [0.15, 0.2) is 0 Å². The Balaban J connectivity index is 2.04. The number of hydrogen-bond acceptors (Lipinski definition) is 4. The van der Waals surface area contributed by atoms with Crippen LogP contribution < -0.4 is 4.74 Å². The lowest BCUT2D eigenvalue weighted by atomic mass is 10.0. The smallest absolute Gasteiger partial charge is 0.223 e. The molecule has 0 unspecified atom stereocenters. The van der Waals surface area contributed by atoms with Crippen molar-refractivity contribution in [3.8, 4) is 5.75 Å². The van der Waals surface area contributed by atoms with Crippen molar-refractivity contribution in [1.29, 1.82) is 0 Å². The summed E-state index contributed by atoms with van der Waals surface area (Å²) >= 11 is 0. The molecule has 5 nitrogen and oxygen atoms in total. The van der Waals surface area contributed by atoms with E-state index in [0.717, 1.165) is 17.9 Å². The van der Waals surface area contributed by atoms with E-state index in [1.807, 2.05) is 32.2 Å². The van der Waals surface area contributed by atoms with Gasteiger partial charge in [0.05, 0.1) is 13.2 Å². The monoisotopic (exact) mass is 306 g/mol. The third-order valence-electron chi connectivity index (χ3n) is 4.37. The zero-order chi connectivity index (χ0) is 16.1. The van der Waals surface area contributed by atoms with E-state index in [1.165, 1.54) is 0 Å². The Morgan fingerprint density at radius 1 is 1.50 bits per heavy atom. The minimum absolute atomic E-state index is 0.143. The van der Waals surface area contributed by atoms with Crippen LogP contribution in [0.15, 0.2) is 24.3 Å².